The van der Waals surface area contributed by atoms with Gasteiger partial charge in [0, 0.05) is 18.1 Å². The summed E-state index contributed by atoms with van der Waals surface area (Å²) < 4.78 is 2.09. The molecule has 0 radical (unpaired) electrons. The average Bonchev–Trinajstić information content (AvgIpc) is 2.92. The zero-order valence-electron chi connectivity index (χ0n) is 10.3. The molecule has 90 valence electrons. The molecule has 2 heterocycles. The number of rotatable bonds is 2. The summed E-state index contributed by atoms with van der Waals surface area (Å²) in [5, 5.41) is 3.06. The first-order valence-corrected chi connectivity index (χ1v) is 6.64. The van der Waals surface area contributed by atoms with Crippen LogP contribution in [0.15, 0.2) is 29.6 Å². The van der Waals surface area contributed by atoms with E-state index >= 15 is 0 Å². The molecule has 18 heavy (non-hydrogen) atoms. The first-order chi connectivity index (χ1) is 8.74. The molecule has 0 amide bonds. The van der Waals surface area contributed by atoms with Gasteiger partial charge in [0.2, 0.25) is 0 Å². The van der Waals surface area contributed by atoms with Gasteiger partial charge in [-0.25, -0.2) is 9.97 Å². The molecule has 0 fully saturated rings. The highest BCUT2D eigenvalue weighted by Crippen LogP contribution is 2.17. The Balaban J connectivity index is 2.00. The Morgan fingerprint density at radius 3 is 2.72 bits per heavy atom. The monoisotopic (exact) mass is 255 g/mol. The molecule has 0 N–H and O–H groups in total. The zero-order chi connectivity index (χ0) is 12.5. The van der Waals surface area contributed by atoms with Gasteiger partial charge in [0.1, 0.15) is 10.8 Å². The van der Waals surface area contributed by atoms with Crippen LogP contribution in [0.25, 0.3) is 23.2 Å². The van der Waals surface area contributed by atoms with Crippen molar-refractivity contribution in [3.8, 4) is 0 Å². The Morgan fingerprint density at radius 2 is 2.00 bits per heavy atom. The van der Waals surface area contributed by atoms with Gasteiger partial charge < -0.3 is 4.57 Å². The molecule has 0 spiro atoms. The molecule has 0 unspecified atom stereocenters. The molecule has 4 heteroatoms. The van der Waals surface area contributed by atoms with E-state index in [1.54, 1.807) is 11.3 Å². The van der Waals surface area contributed by atoms with Crippen LogP contribution in [0.4, 0.5) is 0 Å². The summed E-state index contributed by atoms with van der Waals surface area (Å²) in [6, 6.07) is 8.14. The van der Waals surface area contributed by atoms with Crippen molar-refractivity contribution in [3.63, 3.8) is 0 Å². The number of para-hydroxylation sites is 2. The summed E-state index contributed by atoms with van der Waals surface area (Å²) in [6.07, 6.45) is 4.02. The smallest absolute Gasteiger partial charge is 0.133 e. The standard InChI is InChI=1S/C14H13N3S/c1-10-9-18-14(15-10)8-7-13-16-11-5-3-4-6-12(11)17(13)2/h3-9H,1-2H3. The molecule has 0 aliphatic heterocycles. The Bertz CT molecular complexity index is 722. The molecular formula is C14H13N3S. The Kier molecular flexibility index (Phi) is 2.72. The SMILES string of the molecule is Cc1csc(C=Cc2nc3ccccc3n2C)n1. The molecule has 1 aromatic carbocycles. The zero-order valence-corrected chi connectivity index (χ0v) is 11.1. The minimum absolute atomic E-state index is 0.948. The summed E-state index contributed by atoms with van der Waals surface area (Å²) >= 11 is 1.65. The molecule has 0 aliphatic carbocycles. The molecule has 3 rings (SSSR count). The van der Waals surface area contributed by atoms with Crippen molar-refractivity contribution in [3.05, 3.63) is 46.2 Å². The lowest BCUT2D eigenvalue weighted by molar-refractivity contribution is 0.930. The minimum atomic E-state index is 0.948. The lowest BCUT2D eigenvalue weighted by Crippen LogP contribution is -1.90. The fourth-order valence-corrected chi connectivity index (χ4v) is 2.60. The van der Waals surface area contributed by atoms with Crippen molar-refractivity contribution < 1.29 is 0 Å². The number of imidazole rings is 1. The predicted octanol–water partition coefficient (Wildman–Crippen LogP) is 3.51. The summed E-state index contributed by atoms with van der Waals surface area (Å²) in [5.74, 6) is 0.948. The number of benzene rings is 1. The maximum atomic E-state index is 4.59. The summed E-state index contributed by atoms with van der Waals surface area (Å²) in [7, 11) is 2.03. The Labute approximate surface area is 109 Å². The van der Waals surface area contributed by atoms with Crippen molar-refractivity contribution >= 4 is 34.5 Å². The van der Waals surface area contributed by atoms with Gasteiger partial charge in [-0.3, -0.25) is 0 Å². The largest absolute Gasteiger partial charge is 0.328 e. The number of aryl methyl sites for hydroxylation is 2. The highest BCUT2D eigenvalue weighted by Gasteiger charge is 2.03. The van der Waals surface area contributed by atoms with Gasteiger partial charge in [0.05, 0.1) is 11.0 Å². The third-order valence-electron chi connectivity index (χ3n) is 2.83. The lowest BCUT2D eigenvalue weighted by Gasteiger charge is -1.95. The Morgan fingerprint density at radius 1 is 1.17 bits per heavy atom. The van der Waals surface area contributed by atoms with E-state index in [-0.39, 0.29) is 0 Å². The van der Waals surface area contributed by atoms with Gasteiger partial charge in [-0.05, 0) is 31.2 Å². The van der Waals surface area contributed by atoms with Crippen LogP contribution in [0.2, 0.25) is 0 Å². The Hall–Kier alpha value is -1.94. The molecule has 0 saturated heterocycles. The second-order valence-electron chi connectivity index (χ2n) is 4.18. The topological polar surface area (TPSA) is 30.7 Å². The van der Waals surface area contributed by atoms with E-state index in [4.69, 9.17) is 0 Å². The van der Waals surface area contributed by atoms with Crippen molar-refractivity contribution in [2.45, 2.75) is 6.92 Å². The maximum absolute atomic E-state index is 4.59. The average molecular weight is 255 g/mol. The van der Waals surface area contributed by atoms with Crippen LogP contribution in [0.5, 0.6) is 0 Å². The fourth-order valence-electron chi connectivity index (χ4n) is 1.91. The van der Waals surface area contributed by atoms with Crippen LogP contribution < -0.4 is 0 Å². The summed E-state index contributed by atoms with van der Waals surface area (Å²) in [5.41, 5.74) is 3.23. The van der Waals surface area contributed by atoms with Crippen LogP contribution in [0.3, 0.4) is 0 Å². The van der Waals surface area contributed by atoms with Crippen LogP contribution in [0, 0.1) is 6.92 Å². The van der Waals surface area contributed by atoms with Crippen molar-refractivity contribution in [1.29, 1.82) is 0 Å². The number of thiazole rings is 1. The molecule has 2 aromatic heterocycles. The molecule has 0 aliphatic rings. The number of hydrogen-bond acceptors (Lipinski definition) is 3. The third-order valence-corrected chi connectivity index (χ3v) is 3.76. The van der Waals surface area contributed by atoms with E-state index in [0.717, 1.165) is 27.6 Å². The lowest BCUT2D eigenvalue weighted by atomic mass is 10.3. The first kappa shape index (κ1) is 11.2. The number of aromatic nitrogens is 3. The number of nitrogens with zero attached hydrogens (tertiary/aromatic N) is 3. The van der Waals surface area contributed by atoms with E-state index in [9.17, 15) is 0 Å². The third kappa shape index (κ3) is 1.95. The molecule has 3 nitrogen and oxygen atoms in total. The molecule has 3 aromatic rings. The number of hydrogen-bond donors (Lipinski definition) is 0. The van der Waals surface area contributed by atoms with E-state index in [1.807, 2.05) is 44.3 Å². The minimum Gasteiger partial charge on any atom is -0.328 e. The van der Waals surface area contributed by atoms with Crippen LogP contribution in [-0.4, -0.2) is 14.5 Å². The second-order valence-corrected chi connectivity index (χ2v) is 5.07. The van der Waals surface area contributed by atoms with E-state index in [2.05, 4.69) is 26.0 Å². The highest BCUT2D eigenvalue weighted by atomic mass is 32.1. The molecule has 0 bridgehead atoms. The van der Waals surface area contributed by atoms with Gasteiger partial charge in [-0.15, -0.1) is 11.3 Å². The predicted molar refractivity (Wildman–Crippen MR) is 76.5 cm³/mol. The molecular weight excluding hydrogens is 242 g/mol. The summed E-state index contributed by atoms with van der Waals surface area (Å²) in [4.78, 5) is 8.99. The maximum Gasteiger partial charge on any atom is 0.133 e. The van der Waals surface area contributed by atoms with Gasteiger partial charge in [-0.2, -0.15) is 0 Å². The van der Waals surface area contributed by atoms with Gasteiger partial charge in [0.25, 0.3) is 0 Å². The van der Waals surface area contributed by atoms with Crippen LogP contribution >= 0.6 is 11.3 Å². The molecule has 0 saturated carbocycles. The van der Waals surface area contributed by atoms with Gasteiger partial charge in [-0.1, -0.05) is 12.1 Å². The van der Waals surface area contributed by atoms with Crippen LogP contribution in [-0.2, 0) is 7.05 Å². The van der Waals surface area contributed by atoms with E-state index < -0.39 is 0 Å². The van der Waals surface area contributed by atoms with Gasteiger partial charge >= 0.3 is 0 Å². The first-order valence-electron chi connectivity index (χ1n) is 5.76. The van der Waals surface area contributed by atoms with Crippen molar-refractivity contribution in [2.75, 3.05) is 0 Å². The van der Waals surface area contributed by atoms with Gasteiger partial charge in [0.15, 0.2) is 0 Å². The van der Waals surface area contributed by atoms with Crippen LogP contribution in [0.1, 0.15) is 16.5 Å². The van der Waals surface area contributed by atoms with E-state index in [0.29, 0.717) is 0 Å². The molecule has 0 atom stereocenters. The van der Waals surface area contributed by atoms with Crippen molar-refractivity contribution in [1.82, 2.24) is 14.5 Å². The number of fused-ring (bicyclic) bond motifs is 1. The summed E-state index contributed by atoms with van der Waals surface area (Å²) in [6.45, 7) is 2.00. The second kappa shape index (κ2) is 4.38. The van der Waals surface area contributed by atoms with Crippen molar-refractivity contribution in [2.24, 2.45) is 7.05 Å². The van der Waals surface area contributed by atoms with E-state index in [1.165, 1.54) is 0 Å². The highest BCUT2D eigenvalue weighted by molar-refractivity contribution is 7.10. The quantitative estimate of drug-likeness (QED) is 0.701. The fraction of sp³-hybridized carbons (Fsp3) is 0.143. The normalized spacial score (nSPS) is 11.7.